The molecular formula is C19H27FN2O4S. The van der Waals surface area contributed by atoms with E-state index >= 15 is 0 Å². The second kappa shape index (κ2) is 9.43. The van der Waals surface area contributed by atoms with Gasteiger partial charge in [0.05, 0.1) is 19.0 Å². The minimum Gasteiger partial charge on any atom is -0.379 e. The maximum absolute atomic E-state index is 13.5. The fraction of sp³-hybridized carbons (Fsp3) is 0.526. The number of benzene rings is 1. The summed E-state index contributed by atoms with van der Waals surface area (Å²) in [6.07, 6.45) is 1.46. The molecule has 1 aliphatic heterocycles. The fourth-order valence-corrected chi connectivity index (χ4v) is 4.18. The summed E-state index contributed by atoms with van der Waals surface area (Å²) in [7, 11) is -3.41. The smallest absolute Gasteiger partial charge is 0.244 e. The van der Waals surface area contributed by atoms with Crippen molar-refractivity contribution < 1.29 is 22.3 Å². The molecule has 0 bridgehead atoms. The van der Waals surface area contributed by atoms with Crippen LogP contribution in [0.1, 0.15) is 25.0 Å². The number of nitrogens with zero attached hydrogens (tertiary/aromatic N) is 1. The number of morpholine rings is 1. The first-order valence-corrected chi connectivity index (χ1v) is 10.6. The second-order valence-corrected chi connectivity index (χ2v) is 8.93. The topological polar surface area (TPSA) is 75.7 Å². The Bertz CT molecular complexity index is 800. The molecule has 1 saturated heterocycles. The van der Waals surface area contributed by atoms with Crippen LogP contribution in [0.2, 0.25) is 0 Å². The third-order valence-corrected chi connectivity index (χ3v) is 6.29. The molecule has 1 amide bonds. The SMILES string of the molecule is Cc1cc(/C(=C/C(=O)NCCS(=O)(=O)N2CCOCC2)C(C)C)ccc1F. The third-order valence-electron chi connectivity index (χ3n) is 4.42. The van der Waals surface area contributed by atoms with E-state index in [0.29, 0.717) is 31.9 Å². The molecule has 8 heteroatoms. The number of carbonyl (C=O) groups is 1. The van der Waals surface area contributed by atoms with Gasteiger partial charge in [-0.25, -0.2) is 12.8 Å². The molecule has 27 heavy (non-hydrogen) atoms. The van der Waals surface area contributed by atoms with Gasteiger partial charge in [-0.3, -0.25) is 4.79 Å². The molecule has 1 heterocycles. The average Bonchev–Trinajstić information content (AvgIpc) is 2.62. The van der Waals surface area contributed by atoms with Gasteiger partial charge in [0.25, 0.3) is 0 Å². The van der Waals surface area contributed by atoms with E-state index in [9.17, 15) is 17.6 Å². The lowest BCUT2D eigenvalue weighted by Crippen LogP contribution is -2.43. The molecule has 0 aliphatic carbocycles. The van der Waals surface area contributed by atoms with E-state index in [1.807, 2.05) is 13.8 Å². The molecular weight excluding hydrogens is 371 g/mol. The van der Waals surface area contributed by atoms with E-state index in [0.717, 1.165) is 11.1 Å². The molecule has 1 fully saturated rings. The van der Waals surface area contributed by atoms with Crippen molar-refractivity contribution in [2.75, 3.05) is 38.6 Å². The minimum absolute atomic E-state index is 0.0306. The lowest BCUT2D eigenvalue weighted by atomic mass is 9.93. The molecule has 0 atom stereocenters. The number of aryl methyl sites for hydroxylation is 1. The highest BCUT2D eigenvalue weighted by atomic mass is 32.2. The summed E-state index contributed by atoms with van der Waals surface area (Å²) in [4.78, 5) is 12.3. The van der Waals surface area contributed by atoms with E-state index < -0.39 is 10.0 Å². The minimum atomic E-state index is -3.41. The van der Waals surface area contributed by atoms with Crippen LogP contribution in [0.15, 0.2) is 24.3 Å². The number of halogens is 1. The summed E-state index contributed by atoms with van der Waals surface area (Å²) in [6, 6.07) is 4.73. The van der Waals surface area contributed by atoms with Crippen molar-refractivity contribution in [1.29, 1.82) is 0 Å². The standard InChI is InChI=1S/C19H27FN2O4S/c1-14(2)17(16-4-5-18(20)15(3)12-16)13-19(23)21-6-11-27(24,25)22-7-9-26-10-8-22/h4-5,12-14H,6-11H2,1-3H3,(H,21,23)/b17-13+. The van der Waals surface area contributed by atoms with E-state index in [-0.39, 0.29) is 29.9 Å². The van der Waals surface area contributed by atoms with Crippen molar-refractivity contribution in [1.82, 2.24) is 9.62 Å². The van der Waals surface area contributed by atoms with Gasteiger partial charge in [0, 0.05) is 25.7 Å². The molecule has 0 aromatic heterocycles. The van der Waals surface area contributed by atoms with Gasteiger partial charge in [-0.15, -0.1) is 0 Å². The summed E-state index contributed by atoms with van der Waals surface area (Å²) in [5, 5.41) is 2.63. The van der Waals surface area contributed by atoms with Crippen molar-refractivity contribution in [2.24, 2.45) is 5.92 Å². The van der Waals surface area contributed by atoms with Crippen molar-refractivity contribution in [3.8, 4) is 0 Å². The average molecular weight is 399 g/mol. The number of hydrogen-bond donors (Lipinski definition) is 1. The highest BCUT2D eigenvalue weighted by molar-refractivity contribution is 7.89. The van der Waals surface area contributed by atoms with Crippen LogP contribution in [0, 0.1) is 18.7 Å². The predicted molar refractivity (Wildman–Crippen MR) is 103 cm³/mol. The van der Waals surface area contributed by atoms with Crippen molar-refractivity contribution in [2.45, 2.75) is 20.8 Å². The zero-order valence-corrected chi connectivity index (χ0v) is 16.8. The summed E-state index contributed by atoms with van der Waals surface area (Å²) in [6.45, 7) is 7.07. The molecule has 0 spiro atoms. The van der Waals surface area contributed by atoms with E-state index in [1.165, 1.54) is 16.4 Å². The highest BCUT2D eigenvalue weighted by Crippen LogP contribution is 2.24. The van der Waals surface area contributed by atoms with Crippen LogP contribution < -0.4 is 5.32 Å². The van der Waals surface area contributed by atoms with Gasteiger partial charge in [0.15, 0.2) is 0 Å². The van der Waals surface area contributed by atoms with Crippen molar-refractivity contribution in [3.63, 3.8) is 0 Å². The summed E-state index contributed by atoms with van der Waals surface area (Å²) in [5.74, 6) is -0.755. The number of amides is 1. The third kappa shape index (κ3) is 6.12. The monoisotopic (exact) mass is 398 g/mol. The summed E-state index contributed by atoms with van der Waals surface area (Å²) >= 11 is 0. The number of rotatable bonds is 7. The van der Waals surface area contributed by atoms with Gasteiger partial charge in [-0.2, -0.15) is 4.31 Å². The molecule has 1 aromatic rings. The summed E-state index contributed by atoms with van der Waals surface area (Å²) in [5.41, 5.74) is 2.06. The number of sulfonamides is 1. The second-order valence-electron chi connectivity index (χ2n) is 6.84. The normalized spacial score (nSPS) is 16.6. The molecule has 1 N–H and O–H groups in total. The van der Waals surface area contributed by atoms with Crippen LogP contribution >= 0.6 is 0 Å². The Hall–Kier alpha value is -1.77. The Morgan fingerprint density at radius 3 is 2.59 bits per heavy atom. The Balaban J connectivity index is 1.99. The van der Waals surface area contributed by atoms with Crippen LogP contribution in [-0.4, -0.2) is 57.2 Å². The van der Waals surface area contributed by atoms with Gasteiger partial charge in [-0.1, -0.05) is 19.9 Å². The number of allylic oxidation sites excluding steroid dienone is 1. The molecule has 6 nitrogen and oxygen atoms in total. The van der Waals surface area contributed by atoms with Crippen LogP contribution in [0.25, 0.3) is 5.57 Å². The van der Waals surface area contributed by atoms with Crippen molar-refractivity contribution >= 4 is 21.5 Å². The Morgan fingerprint density at radius 2 is 2.00 bits per heavy atom. The van der Waals surface area contributed by atoms with Gasteiger partial charge in [0.1, 0.15) is 5.82 Å². The van der Waals surface area contributed by atoms with Gasteiger partial charge in [-0.05, 0) is 41.7 Å². The maximum Gasteiger partial charge on any atom is 0.244 e. The number of nitrogens with one attached hydrogen (secondary N) is 1. The first kappa shape index (κ1) is 21.5. The molecule has 0 radical (unpaired) electrons. The van der Waals surface area contributed by atoms with Gasteiger partial charge in [0.2, 0.25) is 15.9 Å². The summed E-state index contributed by atoms with van der Waals surface area (Å²) < 4.78 is 44.5. The van der Waals surface area contributed by atoms with Crippen LogP contribution in [0.4, 0.5) is 4.39 Å². The van der Waals surface area contributed by atoms with Gasteiger partial charge < -0.3 is 10.1 Å². The lowest BCUT2D eigenvalue weighted by molar-refractivity contribution is -0.116. The Labute approximate surface area is 160 Å². The quantitative estimate of drug-likeness (QED) is 0.713. The first-order valence-electron chi connectivity index (χ1n) is 9.02. The van der Waals surface area contributed by atoms with E-state index in [2.05, 4.69) is 5.32 Å². The Kier molecular flexibility index (Phi) is 7.52. The van der Waals surface area contributed by atoms with Crippen LogP contribution in [0.5, 0.6) is 0 Å². The highest BCUT2D eigenvalue weighted by Gasteiger charge is 2.23. The molecule has 0 unspecified atom stereocenters. The number of ether oxygens (including phenoxy) is 1. The zero-order chi connectivity index (χ0) is 20.0. The van der Waals surface area contributed by atoms with E-state index in [4.69, 9.17) is 4.74 Å². The number of hydrogen-bond acceptors (Lipinski definition) is 4. The van der Waals surface area contributed by atoms with E-state index in [1.54, 1.807) is 19.1 Å². The lowest BCUT2D eigenvalue weighted by Gasteiger charge is -2.26. The van der Waals surface area contributed by atoms with Crippen molar-refractivity contribution in [3.05, 3.63) is 41.2 Å². The molecule has 2 rings (SSSR count). The molecule has 0 saturated carbocycles. The predicted octanol–water partition coefficient (Wildman–Crippen LogP) is 1.95. The van der Waals surface area contributed by atoms with Crippen LogP contribution in [0.3, 0.4) is 0 Å². The molecule has 1 aromatic carbocycles. The van der Waals surface area contributed by atoms with Gasteiger partial charge >= 0.3 is 0 Å². The molecule has 150 valence electrons. The first-order chi connectivity index (χ1) is 12.7. The Morgan fingerprint density at radius 1 is 1.33 bits per heavy atom. The zero-order valence-electron chi connectivity index (χ0n) is 16.0. The largest absolute Gasteiger partial charge is 0.379 e. The van der Waals surface area contributed by atoms with Crippen LogP contribution in [-0.2, 0) is 19.6 Å². The fourth-order valence-electron chi connectivity index (χ4n) is 2.86. The molecule has 1 aliphatic rings. The number of carbonyl (C=O) groups excluding carboxylic acids is 1. The maximum atomic E-state index is 13.5.